The molecule has 202 valence electrons. The molecule has 0 aliphatic heterocycles. The third-order valence-corrected chi connectivity index (χ3v) is 8.11. The molecule has 0 radical (unpaired) electrons. The molecule has 0 aromatic heterocycles. The Kier molecular flexibility index (Phi) is 7.94. The Morgan fingerprint density at radius 2 is 1.02 bits per heavy atom. The van der Waals surface area contributed by atoms with Crippen molar-refractivity contribution in [2.75, 3.05) is 4.90 Å². The maximum atomic E-state index is 2.38. The minimum absolute atomic E-state index is 1.13. The highest BCUT2D eigenvalue weighted by Gasteiger charge is 2.16. The van der Waals surface area contributed by atoms with Gasteiger partial charge in [-0.3, -0.25) is 0 Å². The molecule has 0 heterocycles. The topological polar surface area (TPSA) is 3.24 Å². The summed E-state index contributed by atoms with van der Waals surface area (Å²) in [7, 11) is 0. The van der Waals surface area contributed by atoms with Crippen molar-refractivity contribution in [3.05, 3.63) is 136 Å². The zero-order valence-corrected chi connectivity index (χ0v) is 25.1. The van der Waals surface area contributed by atoms with Gasteiger partial charge in [0.25, 0.3) is 0 Å². The molecule has 0 atom stereocenters. The average Bonchev–Trinajstić information content (AvgIpc) is 2.92. The van der Waals surface area contributed by atoms with E-state index in [1.54, 1.807) is 0 Å². The number of rotatable bonds is 7. The molecule has 1 nitrogen and oxygen atoms in total. The second-order valence-corrected chi connectivity index (χ2v) is 11.4. The zero-order chi connectivity index (χ0) is 28.4. The van der Waals surface area contributed by atoms with Crippen LogP contribution >= 0.6 is 0 Å². The van der Waals surface area contributed by atoms with E-state index in [-0.39, 0.29) is 0 Å². The van der Waals surface area contributed by atoms with Crippen LogP contribution in [-0.4, -0.2) is 0 Å². The molecule has 0 spiro atoms. The van der Waals surface area contributed by atoms with Crippen molar-refractivity contribution in [3.63, 3.8) is 0 Å². The fourth-order valence-corrected chi connectivity index (χ4v) is 5.97. The monoisotopic (exact) mass is 523 g/mol. The van der Waals surface area contributed by atoms with Crippen LogP contribution in [0.15, 0.2) is 97.1 Å². The van der Waals surface area contributed by atoms with Gasteiger partial charge < -0.3 is 4.90 Å². The normalized spacial score (nSPS) is 11.1. The Bertz CT molecular complexity index is 1620. The first-order chi connectivity index (χ1) is 19.2. The highest BCUT2D eigenvalue weighted by molar-refractivity contribution is 5.82. The van der Waals surface area contributed by atoms with Gasteiger partial charge in [0, 0.05) is 17.1 Å². The fourth-order valence-electron chi connectivity index (χ4n) is 5.97. The van der Waals surface area contributed by atoms with Crippen LogP contribution < -0.4 is 4.90 Å². The summed E-state index contributed by atoms with van der Waals surface area (Å²) >= 11 is 0. The summed E-state index contributed by atoms with van der Waals surface area (Å²) in [5.41, 5.74) is 17.9. The minimum Gasteiger partial charge on any atom is -0.310 e. The van der Waals surface area contributed by atoms with Crippen LogP contribution in [-0.2, 0) is 6.42 Å². The second-order valence-electron chi connectivity index (χ2n) is 11.4. The van der Waals surface area contributed by atoms with Gasteiger partial charge in [-0.2, -0.15) is 0 Å². The van der Waals surface area contributed by atoms with E-state index in [1.165, 1.54) is 79.0 Å². The van der Waals surface area contributed by atoms with E-state index in [1.807, 2.05) is 0 Å². The number of anilines is 3. The second kappa shape index (κ2) is 11.6. The van der Waals surface area contributed by atoms with Gasteiger partial charge in [0.2, 0.25) is 0 Å². The van der Waals surface area contributed by atoms with Crippen LogP contribution in [0.4, 0.5) is 17.1 Å². The van der Waals surface area contributed by atoms with Gasteiger partial charge in [-0.05, 0) is 140 Å². The number of nitrogens with zero attached hydrogens (tertiary/aromatic N) is 1. The van der Waals surface area contributed by atoms with E-state index in [0.717, 1.165) is 12.1 Å². The predicted molar refractivity (Wildman–Crippen MR) is 174 cm³/mol. The van der Waals surface area contributed by atoms with E-state index >= 15 is 0 Å². The smallest absolute Gasteiger partial charge is 0.0464 e. The van der Waals surface area contributed by atoms with E-state index < -0.39 is 0 Å². The Morgan fingerprint density at radius 3 is 1.60 bits per heavy atom. The van der Waals surface area contributed by atoms with Crippen LogP contribution in [0.2, 0.25) is 0 Å². The van der Waals surface area contributed by atoms with Gasteiger partial charge in [-0.1, -0.05) is 79.6 Å². The van der Waals surface area contributed by atoms with Crippen molar-refractivity contribution >= 4 is 17.1 Å². The minimum atomic E-state index is 1.13. The lowest BCUT2D eigenvalue weighted by atomic mass is 9.93. The first-order valence-electron chi connectivity index (χ1n) is 14.5. The highest BCUT2D eigenvalue weighted by atomic mass is 15.1. The maximum Gasteiger partial charge on any atom is 0.0464 e. The Morgan fingerprint density at radius 1 is 0.475 bits per heavy atom. The first-order valence-corrected chi connectivity index (χ1v) is 14.5. The summed E-state index contributed by atoms with van der Waals surface area (Å²) in [5.74, 6) is 0. The van der Waals surface area contributed by atoms with E-state index in [0.29, 0.717) is 0 Å². The number of hydrogen-bond acceptors (Lipinski definition) is 1. The SMILES string of the molecule is CCCc1ccc(-c2ccc(N(c3ccc(-c4c(C)cc(C)cc4C)cc3)c3ccc(C)c(C)c3)cc2C)cc1. The van der Waals surface area contributed by atoms with Gasteiger partial charge in [-0.25, -0.2) is 0 Å². The molecule has 0 saturated heterocycles. The van der Waals surface area contributed by atoms with Crippen molar-refractivity contribution in [2.24, 2.45) is 0 Å². The Labute approximate surface area is 241 Å². The lowest BCUT2D eigenvalue weighted by Crippen LogP contribution is -2.10. The summed E-state index contributed by atoms with van der Waals surface area (Å²) in [6.45, 7) is 15.4. The van der Waals surface area contributed by atoms with Gasteiger partial charge in [0.15, 0.2) is 0 Å². The van der Waals surface area contributed by atoms with Crippen molar-refractivity contribution in [3.8, 4) is 22.3 Å². The molecule has 0 N–H and O–H groups in total. The zero-order valence-electron chi connectivity index (χ0n) is 25.1. The highest BCUT2D eigenvalue weighted by Crippen LogP contribution is 2.39. The van der Waals surface area contributed by atoms with Crippen LogP contribution in [0.25, 0.3) is 22.3 Å². The predicted octanol–water partition coefficient (Wildman–Crippen LogP) is 11.3. The molecule has 0 unspecified atom stereocenters. The van der Waals surface area contributed by atoms with E-state index in [2.05, 4.69) is 150 Å². The van der Waals surface area contributed by atoms with Crippen molar-refractivity contribution in [1.82, 2.24) is 0 Å². The average molecular weight is 524 g/mol. The molecule has 1 heteroatoms. The Balaban J connectivity index is 1.56. The van der Waals surface area contributed by atoms with Crippen molar-refractivity contribution in [2.45, 2.75) is 61.3 Å². The fraction of sp³-hybridized carbons (Fsp3) is 0.231. The molecule has 0 amide bonds. The Hall–Kier alpha value is -4.10. The maximum absolute atomic E-state index is 2.38. The molecule has 0 bridgehead atoms. The van der Waals surface area contributed by atoms with Crippen molar-refractivity contribution < 1.29 is 0 Å². The molecule has 5 aromatic carbocycles. The molecule has 5 aromatic rings. The largest absolute Gasteiger partial charge is 0.310 e. The van der Waals surface area contributed by atoms with E-state index in [9.17, 15) is 0 Å². The van der Waals surface area contributed by atoms with Gasteiger partial charge >= 0.3 is 0 Å². The standard InChI is InChI=1S/C39H41N/c1-8-9-32-11-13-33(14-12-32)38-21-20-37(25-29(38)5)40(36-17-10-27(3)28(4)24-36)35-18-15-34(16-19-35)39-30(6)22-26(2)23-31(39)7/h10-25H,8-9H2,1-7H3. The number of hydrogen-bond donors (Lipinski definition) is 0. The summed E-state index contributed by atoms with van der Waals surface area (Å²) in [6, 6.07) is 36.3. The molecule has 0 aliphatic rings. The van der Waals surface area contributed by atoms with Crippen LogP contribution in [0.1, 0.15) is 52.3 Å². The molecule has 0 fully saturated rings. The lowest BCUT2D eigenvalue weighted by molar-refractivity contribution is 0.922. The van der Waals surface area contributed by atoms with Crippen LogP contribution in [0.5, 0.6) is 0 Å². The number of benzene rings is 5. The molecular formula is C39H41N. The molecule has 5 rings (SSSR count). The summed E-state index contributed by atoms with van der Waals surface area (Å²) in [6.07, 6.45) is 2.30. The van der Waals surface area contributed by atoms with Gasteiger partial charge in [0.1, 0.15) is 0 Å². The third kappa shape index (κ3) is 5.61. The first kappa shape index (κ1) is 27.5. The third-order valence-electron chi connectivity index (χ3n) is 8.11. The van der Waals surface area contributed by atoms with Crippen LogP contribution in [0.3, 0.4) is 0 Å². The van der Waals surface area contributed by atoms with Crippen LogP contribution in [0, 0.1) is 41.5 Å². The molecule has 0 aliphatic carbocycles. The molecule has 0 saturated carbocycles. The van der Waals surface area contributed by atoms with Gasteiger partial charge in [0.05, 0.1) is 0 Å². The molecular weight excluding hydrogens is 482 g/mol. The van der Waals surface area contributed by atoms with Gasteiger partial charge in [-0.15, -0.1) is 0 Å². The number of aryl methyl sites for hydroxylation is 7. The van der Waals surface area contributed by atoms with E-state index in [4.69, 9.17) is 0 Å². The molecule has 40 heavy (non-hydrogen) atoms. The quantitative estimate of drug-likeness (QED) is 0.205. The van der Waals surface area contributed by atoms with Crippen molar-refractivity contribution in [1.29, 1.82) is 0 Å². The summed E-state index contributed by atoms with van der Waals surface area (Å²) in [4.78, 5) is 2.38. The lowest BCUT2D eigenvalue weighted by Gasteiger charge is -2.27. The summed E-state index contributed by atoms with van der Waals surface area (Å²) < 4.78 is 0. The summed E-state index contributed by atoms with van der Waals surface area (Å²) in [5, 5.41) is 0.